The van der Waals surface area contributed by atoms with Gasteiger partial charge in [0.2, 0.25) is 0 Å². The molecule has 2 rings (SSSR count). The summed E-state index contributed by atoms with van der Waals surface area (Å²) in [7, 11) is 1.47. The van der Waals surface area contributed by atoms with E-state index < -0.39 is 5.97 Å². The molecule has 0 amide bonds. The van der Waals surface area contributed by atoms with Gasteiger partial charge in [0.1, 0.15) is 11.5 Å². The van der Waals surface area contributed by atoms with Gasteiger partial charge in [-0.05, 0) is 18.6 Å². The number of benzene rings is 2. The third kappa shape index (κ3) is 4.47. The van der Waals surface area contributed by atoms with Crippen molar-refractivity contribution in [1.82, 2.24) is 0 Å². The molecule has 130 valence electrons. The Morgan fingerprint density at radius 2 is 1.84 bits per heavy atom. The highest BCUT2D eigenvalue weighted by Gasteiger charge is 2.17. The minimum absolute atomic E-state index is 0.117. The van der Waals surface area contributed by atoms with E-state index in [1.165, 1.54) is 13.2 Å². The summed E-state index contributed by atoms with van der Waals surface area (Å²) >= 11 is 0. The van der Waals surface area contributed by atoms with E-state index in [0.29, 0.717) is 28.9 Å². The molecule has 2 aromatic carbocycles. The van der Waals surface area contributed by atoms with Crippen LogP contribution in [0.4, 0.5) is 0 Å². The number of ether oxygens (including phenoxy) is 2. The Bertz CT molecular complexity index is 793. The number of esters is 1. The highest BCUT2D eigenvalue weighted by atomic mass is 16.5. The van der Waals surface area contributed by atoms with Gasteiger partial charge in [-0.3, -0.25) is 4.79 Å². The van der Waals surface area contributed by atoms with Gasteiger partial charge in [-0.1, -0.05) is 36.9 Å². The van der Waals surface area contributed by atoms with Gasteiger partial charge >= 0.3 is 5.97 Å². The van der Waals surface area contributed by atoms with Crippen molar-refractivity contribution in [3.05, 3.63) is 71.3 Å². The smallest absolute Gasteiger partial charge is 0.333 e. The highest BCUT2D eigenvalue weighted by Crippen LogP contribution is 2.30. The van der Waals surface area contributed by atoms with Crippen LogP contribution in [0.15, 0.2) is 54.6 Å². The molecule has 25 heavy (non-hydrogen) atoms. The summed E-state index contributed by atoms with van der Waals surface area (Å²) < 4.78 is 10.3. The Hall–Kier alpha value is -3.08. The number of methoxy groups -OCH3 is 1. The molecule has 0 fully saturated rings. The van der Waals surface area contributed by atoms with Crippen molar-refractivity contribution >= 4 is 11.8 Å². The maximum absolute atomic E-state index is 12.6. The van der Waals surface area contributed by atoms with Crippen LogP contribution in [0.2, 0.25) is 0 Å². The summed E-state index contributed by atoms with van der Waals surface area (Å²) in [5.74, 6) is -0.499. The lowest BCUT2D eigenvalue weighted by Gasteiger charge is -2.13. The molecule has 0 aliphatic carbocycles. The van der Waals surface area contributed by atoms with Crippen molar-refractivity contribution in [3.63, 3.8) is 0 Å². The van der Waals surface area contributed by atoms with Crippen molar-refractivity contribution in [2.75, 3.05) is 13.7 Å². The van der Waals surface area contributed by atoms with Gasteiger partial charge in [0, 0.05) is 23.6 Å². The zero-order valence-electron chi connectivity index (χ0n) is 14.2. The first kappa shape index (κ1) is 18.3. The second-order valence-electron chi connectivity index (χ2n) is 5.54. The molecule has 5 nitrogen and oxygen atoms in total. The molecular weight excluding hydrogens is 320 g/mol. The fraction of sp³-hybridized carbons (Fsp3) is 0.200. The molecule has 0 radical (unpaired) electrons. The molecule has 0 spiro atoms. The molecule has 0 saturated carbocycles. The average molecular weight is 340 g/mol. The van der Waals surface area contributed by atoms with Crippen LogP contribution >= 0.6 is 0 Å². The lowest BCUT2D eigenvalue weighted by atomic mass is 9.98. The minimum Gasteiger partial charge on any atom is -0.507 e. The van der Waals surface area contributed by atoms with E-state index in [2.05, 4.69) is 6.58 Å². The zero-order valence-corrected chi connectivity index (χ0v) is 14.2. The molecule has 0 aliphatic rings. The molecule has 0 atom stereocenters. The van der Waals surface area contributed by atoms with E-state index in [9.17, 15) is 14.7 Å². The minimum atomic E-state index is -0.474. The number of rotatable bonds is 7. The first-order valence-electron chi connectivity index (χ1n) is 7.76. The number of phenols is 1. The van der Waals surface area contributed by atoms with Crippen molar-refractivity contribution in [2.24, 2.45) is 0 Å². The van der Waals surface area contributed by atoms with Gasteiger partial charge in [-0.25, -0.2) is 4.79 Å². The number of ketones is 1. The van der Waals surface area contributed by atoms with Crippen molar-refractivity contribution < 1.29 is 24.2 Å². The molecule has 0 bridgehead atoms. The van der Waals surface area contributed by atoms with Crippen LogP contribution in [-0.2, 0) is 16.0 Å². The van der Waals surface area contributed by atoms with E-state index in [-0.39, 0.29) is 23.7 Å². The summed E-state index contributed by atoms with van der Waals surface area (Å²) in [6, 6.07) is 11.6. The van der Waals surface area contributed by atoms with Gasteiger partial charge < -0.3 is 14.6 Å². The first-order valence-corrected chi connectivity index (χ1v) is 7.76. The van der Waals surface area contributed by atoms with Crippen LogP contribution in [0, 0.1) is 0 Å². The van der Waals surface area contributed by atoms with Crippen LogP contribution in [-0.4, -0.2) is 30.6 Å². The Labute approximate surface area is 146 Å². The van der Waals surface area contributed by atoms with Crippen LogP contribution in [0.25, 0.3) is 0 Å². The molecule has 0 aromatic heterocycles. The average Bonchev–Trinajstić information content (AvgIpc) is 2.62. The Kier molecular flexibility index (Phi) is 5.95. The molecule has 1 N–H and O–H groups in total. The largest absolute Gasteiger partial charge is 0.507 e. The number of hydrogen-bond acceptors (Lipinski definition) is 5. The van der Waals surface area contributed by atoms with E-state index in [4.69, 9.17) is 9.47 Å². The molecule has 2 aromatic rings. The van der Waals surface area contributed by atoms with Crippen LogP contribution in [0.5, 0.6) is 11.5 Å². The molecule has 0 aliphatic heterocycles. The maximum Gasteiger partial charge on any atom is 0.333 e. The Balaban J connectivity index is 2.26. The van der Waals surface area contributed by atoms with Crippen LogP contribution in [0.3, 0.4) is 0 Å². The normalized spacial score (nSPS) is 10.2. The van der Waals surface area contributed by atoms with Crippen molar-refractivity contribution in [1.29, 1.82) is 0 Å². The fourth-order valence-corrected chi connectivity index (χ4v) is 2.30. The fourth-order valence-electron chi connectivity index (χ4n) is 2.30. The van der Waals surface area contributed by atoms with E-state index in [1.807, 2.05) is 6.07 Å². The number of carbonyl (C=O) groups excluding carboxylic acids is 2. The topological polar surface area (TPSA) is 72.8 Å². The lowest BCUT2D eigenvalue weighted by molar-refractivity contribution is -0.138. The summed E-state index contributed by atoms with van der Waals surface area (Å²) in [5.41, 5.74) is 1.63. The molecule has 0 saturated heterocycles. The van der Waals surface area contributed by atoms with E-state index >= 15 is 0 Å². The summed E-state index contributed by atoms with van der Waals surface area (Å²) in [4.78, 5) is 24.0. The second kappa shape index (κ2) is 8.15. The predicted octanol–water partition coefficient (Wildman–Crippen LogP) is 3.29. The quantitative estimate of drug-likeness (QED) is 0.476. The van der Waals surface area contributed by atoms with Crippen molar-refractivity contribution in [3.8, 4) is 11.5 Å². The number of hydrogen-bond donors (Lipinski definition) is 1. The Morgan fingerprint density at radius 3 is 2.44 bits per heavy atom. The summed E-state index contributed by atoms with van der Waals surface area (Å²) in [6.07, 6.45) is 0.345. The first-order chi connectivity index (χ1) is 11.9. The van der Waals surface area contributed by atoms with Gasteiger partial charge in [-0.15, -0.1) is 0 Å². The van der Waals surface area contributed by atoms with Crippen LogP contribution in [0.1, 0.15) is 28.4 Å². The molecular formula is C20H20O5. The van der Waals surface area contributed by atoms with Gasteiger partial charge in [-0.2, -0.15) is 0 Å². The zero-order chi connectivity index (χ0) is 18.4. The van der Waals surface area contributed by atoms with E-state index in [1.54, 1.807) is 37.3 Å². The maximum atomic E-state index is 12.6. The third-order valence-corrected chi connectivity index (χ3v) is 3.63. The third-order valence-electron chi connectivity index (χ3n) is 3.63. The predicted molar refractivity (Wildman–Crippen MR) is 94.0 cm³/mol. The highest BCUT2D eigenvalue weighted by molar-refractivity contribution is 6.10. The standard InChI is InChI=1S/C20H20O5/c1-13(2)20(23)25-10-9-15-11-16(17(21)12-18(15)24-3)19(22)14-7-5-4-6-8-14/h4-8,11-12,21H,1,9-10H2,2-3H3. The molecule has 0 unspecified atom stereocenters. The lowest BCUT2D eigenvalue weighted by Crippen LogP contribution is -2.09. The number of phenolic OH excluding ortho intramolecular Hbond substituents is 1. The number of aromatic hydroxyl groups is 1. The van der Waals surface area contributed by atoms with Gasteiger partial charge in [0.15, 0.2) is 5.78 Å². The van der Waals surface area contributed by atoms with Gasteiger partial charge in [0.05, 0.1) is 19.3 Å². The summed E-state index contributed by atoms with van der Waals surface area (Å²) in [5, 5.41) is 10.2. The SMILES string of the molecule is C=C(C)C(=O)OCCc1cc(C(=O)c2ccccc2)c(O)cc1OC. The molecule has 5 heteroatoms. The molecule has 0 heterocycles. The Morgan fingerprint density at radius 1 is 1.16 bits per heavy atom. The monoisotopic (exact) mass is 340 g/mol. The van der Waals surface area contributed by atoms with Crippen molar-refractivity contribution in [2.45, 2.75) is 13.3 Å². The van der Waals surface area contributed by atoms with Gasteiger partial charge in [0.25, 0.3) is 0 Å². The number of carbonyl (C=O) groups is 2. The second-order valence-corrected chi connectivity index (χ2v) is 5.54. The van der Waals surface area contributed by atoms with E-state index in [0.717, 1.165) is 0 Å². The van der Waals surface area contributed by atoms with Crippen LogP contribution < -0.4 is 4.74 Å². The summed E-state index contributed by atoms with van der Waals surface area (Å²) in [6.45, 7) is 5.21.